The van der Waals surface area contributed by atoms with Gasteiger partial charge in [-0.1, -0.05) is 32.6 Å². The standard InChI is InChI=1S/C12H17N/c1-6-7-8-11-9(2)12(4,5)10(3)13-11/h6-8H,2H2,1,3-5H3/b7-6-,11-8+. The maximum atomic E-state index is 4.49. The molecule has 1 heterocycles. The second-order valence-corrected chi connectivity index (χ2v) is 3.88. The monoisotopic (exact) mass is 175 g/mol. The van der Waals surface area contributed by atoms with Gasteiger partial charge < -0.3 is 0 Å². The molecule has 0 spiro atoms. The maximum absolute atomic E-state index is 4.49. The van der Waals surface area contributed by atoms with E-state index in [0.717, 1.165) is 17.0 Å². The number of hydrogen-bond acceptors (Lipinski definition) is 1. The largest absolute Gasteiger partial charge is 0.257 e. The summed E-state index contributed by atoms with van der Waals surface area (Å²) >= 11 is 0. The van der Waals surface area contributed by atoms with E-state index in [1.165, 1.54) is 0 Å². The van der Waals surface area contributed by atoms with Crippen LogP contribution in [0.2, 0.25) is 0 Å². The van der Waals surface area contributed by atoms with Gasteiger partial charge in [0.25, 0.3) is 0 Å². The molecule has 1 aliphatic rings. The minimum Gasteiger partial charge on any atom is -0.257 e. The van der Waals surface area contributed by atoms with Crippen molar-refractivity contribution in [3.05, 3.63) is 36.1 Å². The summed E-state index contributed by atoms with van der Waals surface area (Å²) in [5.41, 5.74) is 3.31. The van der Waals surface area contributed by atoms with Crippen molar-refractivity contribution in [1.29, 1.82) is 0 Å². The summed E-state index contributed by atoms with van der Waals surface area (Å²) in [6, 6.07) is 0. The number of allylic oxidation sites excluding steroid dienone is 4. The molecule has 1 aliphatic heterocycles. The molecular weight excluding hydrogens is 158 g/mol. The van der Waals surface area contributed by atoms with Crippen LogP contribution in [0.25, 0.3) is 0 Å². The van der Waals surface area contributed by atoms with E-state index < -0.39 is 0 Å². The molecule has 0 radical (unpaired) electrons. The second-order valence-electron chi connectivity index (χ2n) is 3.88. The van der Waals surface area contributed by atoms with E-state index in [-0.39, 0.29) is 5.41 Å². The smallest absolute Gasteiger partial charge is 0.0664 e. The van der Waals surface area contributed by atoms with Crippen LogP contribution >= 0.6 is 0 Å². The molecule has 1 nitrogen and oxygen atoms in total. The topological polar surface area (TPSA) is 12.4 Å². The van der Waals surface area contributed by atoms with Crippen molar-refractivity contribution in [1.82, 2.24) is 0 Å². The molecule has 0 aliphatic carbocycles. The molecule has 1 heteroatoms. The molecule has 0 N–H and O–H groups in total. The van der Waals surface area contributed by atoms with Crippen molar-refractivity contribution in [2.24, 2.45) is 10.4 Å². The van der Waals surface area contributed by atoms with Gasteiger partial charge in [-0.25, -0.2) is 0 Å². The van der Waals surface area contributed by atoms with Crippen LogP contribution in [0, 0.1) is 5.41 Å². The first-order valence-corrected chi connectivity index (χ1v) is 4.58. The maximum Gasteiger partial charge on any atom is 0.0664 e. The molecule has 0 unspecified atom stereocenters. The Kier molecular flexibility index (Phi) is 2.55. The Morgan fingerprint density at radius 2 is 2.00 bits per heavy atom. The number of rotatable bonds is 1. The zero-order chi connectivity index (χ0) is 10.1. The van der Waals surface area contributed by atoms with E-state index in [4.69, 9.17) is 0 Å². The summed E-state index contributed by atoms with van der Waals surface area (Å²) in [6.45, 7) is 12.4. The SMILES string of the molecule is C=C1/C(=C\C=C/C)N=C(C)C1(C)C. The van der Waals surface area contributed by atoms with Gasteiger partial charge in [-0.3, -0.25) is 4.99 Å². The highest BCUT2D eigenvalue weighted by Gasteiger charge is 2.32. The zero-order valence-electron chi connectivity index (χ0n) is 8.89. The zero-order valence-corrected chi connectivity index (χ0v) is 8.89. The lowest BCUT2D eigenvalue weighted by Crippen LogP contribution is -2.18. The fraction of sp³-hybridized carbons (Fsp3) is 0.417. The Morgan fingerprint density at radius 3 is 2.38 bits per heavy atom. The van der Waals surface area contributed by atoms with E-state index in [1.54, 1.807) is 0 Å². The van der Waals surface area contributed by atoms with E-state index in [2.05, 4.69) is 32.3 Å². The van der Waals surface area contributed by atoms with Crippen LogP contribution in [0.1, 0.15) is 27.7 Å². The summed E-state index contributed by atoms with van der Waals surface area (Å²) in [7, 11) is 0. The highest BCUT2D eigenvalue weighted by Crippen LogP contribution is 2.38. The van der Waals surface area contributed by atoms with Crippen LogP contribution in [0.4, 0.5) is 0 Å². The lowest BCUT2D eigenvalue weighted by atomic mass is 9.82. The molecule has 0 aromatic heterocycles. The van der Waals surface area contributed by atoms with Gasteiger partial charge in [0, 0.05) is 11.1 Å². The van der Waals surface area contributed by atoms with E-state index in [1.807, 2.05) is 25.2 Å². The predicted octanol–water partition coefficient (Wildman–Crippen LogP) is 3.50. The molecule has 0 aromatic rings. The quantitative estimate of drug-likeness (QED) is 0.578. The first kappa shape index (κ1) is 9.97. The van der Waals surface area contributed by atoms with Gasteiger partial charge in [0.1, 0.15) is 0 Å². The highest BCUT2D eigenvalue weighted by atomic mass is 14.8. The van der Waals surface area contributed by atoms with E-state index in [0.29, 0.717) is 0 Å². The van der Waals surface area contributed by atoms with Gasteiger partial charge in [0.15, 0.2) is 0 Å². The van der Waals surface area contributed by atoms with Gasteiger partial charge in [-0.05, 0) is 25.5 Å². The Bertz CT molecular complexity index is 314. The summed E-state index contributed by atoms with van der Waals surface area (Å²) in [5.74, 6) is 0. The third-order valence-electron chi connectivity index (χ3n) is 2.70. The molecule has 0 fully saturated rings. The van der Waals surface area contributed by atoms with Gasteiger partial charge in [0.2, 0.25) is 0 Å². The second kappa shape index (κ2) is 3.33. The third kappa shape index (κ3) is 1.64. The van der Waals surface area contributed by atoms with Crippen molar-refractivity contribution in [3.63, 3.8) is 0 Å². The third-order valence-corrected chi connectivity index (χ3v) is 2.70. The van der Waals surface area contributed by atoms with Crippen LogP contribution in [-0.4, -0.2) is 5.71 Å². The van der Waals surface area contributed by atoms with Crippen molar-refractivity contribution in [3.8, 4) is 0 Å². The van der Waals surface area contributed by atoms with Gasteiger partial charge in [0.05, 0.1) is 5.70 Å². The van der Waals surface area contributed by atoms with E-state index in [9.17, 15) is 0 Å². The average molecular weight is 175 g/mol. The van der Waals surface area contributed by atoms with Gasteiger partial charge in [-0.2, -0.15) is 0 Å². The molecule has 0 bridgehead atoms. The Hall–Kier alpha value is -1.11. The molecule has 0 atom stereocenters. The molecule has 0 saturated heterocycles. The normalized spacial score (nSPS) is 24.5. The Morgan fingerprint density at radius 1 is 1.38 bits per heavy atom. The lowest BCUT2D eigenvalue weighted by molar-refractivity contribution is 0.656. The van der Waals surface area contributed by atoms with Gasteiger partial charge >= 0.3 is 0 Å². The molecular formula is C12H17N. The lowest BCUT2D eigenvalue weighted by Gasteiger charge is -2.19. The van der Waals surface area contributed by atoms with Crippen LogP contribution in [-0.2, 0) is 0 Å². The van der Waals surface area contributed by atoms with E-state index >= 15 is 0 Å². The summed E-state index contributed by atoms with van der Waals surface area (Å²) in [4.78, 5) is 4.49. The Balaban J connectivity index is 3.04. The fourth-order valence-electron chi connectivity index (χ4n) is 1.25. The molecule has 1 rings (SSSR count). The van der Waals surface area contributed by atoms with Crippen LogP contribution in [0.3, 0.4) is 0 Å². The molecule has 0 aromatic carbocycles. The Labute approximate surface area is 80.6 Å². The van der Waals surface area contributed by atoms with Crippen LogP contribution in [0.5, 0.6) is 0 Å². The predicted molar refractivity (Wildman–Crippen MR) is 58.9 cm³/mol. The average Bonchev–Trinajstić information content (AvgIpc) is 2.26. The molecule has 70 valence electrons. The van der Waals surface area contributed by atoms with Crippen molar-refractivity contribution in [2.75, 3.05) is 0 Å². The number of hydrogen-bond donors (Lipinski definition) is 0. The molecule has 0 saturated carbocycles. The van der Waals surface area contributed by atoms with Crippen molar-refractivity contribution >= 4 is 5.71 Å². The van der Waals surface area contributed by atoms with Crippen molar-refractivity contribution in [2.45, 2.75) is 27.7 Å². The van der Waals surface area contributed by atoms with Gasteiger partial charge in [-0.15, -0.1) is 0 Å². The van der Waals surface area contributed by atoms with Crippen LogP contribution in [0.15, 0.2) is 41.1 Å². The first-order valence-electron chi connectivity index (χ1n) is 4.58. The summed E-state index contributed by atoms with van der Waals surface area (Å²) < 4.78 is 0. The van der Waals surface area contributed by atoms with Crippen LogP contribution < -0.4 is 0 Å². The number of aliphatic imine (C=N–C) groups is 1. The summed E-state index contributed by atoms with van der Waals surface area (Å²) in [5, 5.41) is 0. The van der Waals surface area contributed by atoms with Crippen molar-refractivity contribution < 1.29 is 0 Å². The first-order chi connectivity index (χ1) is 6.00. The minimum absolute atomic E-state index is 0.0351. The fourth-order valence-corrected chi connectivity index (χ4v) is 1.25. The molecule has 13 heavy (non-hydrogen) atoms. The highest BCUT2D eigenvalue weighted by molar-refractivity contribution is 5.95. The number of nitrogens with zero attached hydrogens (tertiary/aromatic N) is 1. The minimum atomic E-state index is 0.0351. The molecule has 0 amide bonds. The summed E-state index contributed by atoms with van der Waals surface area (Å²) in [6.07, 6.45) is 6.01.